The molecule has 0 radical (unpaired) electrons. The van der Waals surface area contributed by atoms with Gasteiger partial charge in [-0.1, -0.05) is 19.3 Å². The van der Waals surface area contributed by atoms with Gasteiger partial charge in [-0.25, -0.2) is 0 Å². The van der Waals surface area contributed by atoms with E-state index in [2.05, 4.69) is 0 Å². The molecule has 6 heteroatoms. The van der Waals surface area contributed by atoms with E-state index < -0.39 is 5.97 Å². The summed E-state index contributed by atoms with van der Waals surface area (Å²) in [7, 11) is 0. The molecule has 0 aromatic heterocycles. The number of hydrogen-bond donors (Lipinski definition) is 0. The number of aryl methyl sites for hydroxylation is 2. The molecule has 1 aromatic rings. The number of hydrogen-bond acceptors (Lipinski definition) is 4. The van der Waals surface area contributed by atoms with Gasteiger partial charge in [-0.15, -0.1) is 0 Å². The fraction of sp³-hybridized carbons (Fsp3) is 0.591. The van der Waals surface area contributed by atoms with Gasteiger partial charge in [-0.3, -0.25) is 19.3 Å². The molecule has 1 fully saturated rings. The van der Waals surface area contributed by atoms with Gasteiger partial charge in [0, 0.05) is 6.42 Å². The zero-order valence-corrected chi connectivity index (χ0v) is 17.1. The molecule has 1 aliphatic heterocycles. The standard InChI is InChI=1S/C22H30N2O4/c1-4-28-22(27)14-24-19-11-16(3)15(2)10-18(19)23(13-21(24)26)20(25)12-17-8-6-5-7-9-17/h10-11,17H,4-9,12-14H2,1-3H3. The van der Waals surface area contributed by atoms with E-state index in [9.17, 15) is 14.4 Å². The van der Waals surface area contributed by atoms with Crippen molar-refractivity contribution in [1.82, 2.24) is 0 Å². The zero-order chi connectivity index (χ0) is 20.3. The maximum Gasteiger partial charge on any atom is 0.326 e. The van der Waals surface area contributed by atoms with E-state index in [0.29, 0.717) is 23.7 Å². The Labute approximate surface area is 166 Å². The highest BCUT2D eigenvalue weighted by atomic mass is 16.5. The molecule has 3 rings (SSSR count). The van der Waals surface area contributed by atoms with Crippen LogP contribution in [0.4, 0.5) is 11.4 Å². The fourth-order valence-corrected chi connectivity index (χ4v) is 4.14. The van der Waals surface area contributed by atoms with Crippen LogP contribution in [0.15, 0.2) is 12.1 Å². The van der Waals surface area contributed by atoms with Gasteiger partial charge in [0.1, 0.15) is 13.1 Å². The summed E-state index contributed by atoms with van der Waals surface area (Å²) in [6.07, 6.45) is 6.26. The number of carbonyl (C=O) groups is 3. The summed E-state index contributed by atoms with van der Waals surface area (Å²) < 4.78 is 5.02. The maximum absolute atomic E-state index is 13.1. The molecule has 1 aliphatic carbocycles. The molecule has 0 bridgehead atoms. The van der Waals surface area contributed by atoms with Crippen LogP contribution in [0, 0.1) is 19.8 Å². The lowest BCUT2D eigenvalue weighted by molar-refractivity contribution is -0.142. The Bertz CT molecular complexity index is 768. The van der Waals surface area contributed by atoms with Gasteiger partial charge < -0.3 is 9.64 Å². The summed E-state index contributed by atoms with van der Waals surface area (Å²) in [5, 5.41) is 0. The number of ether oxygens (including phenoxy) is 1. The van der Waals surface area contributed by atoms with Gasteiger partial charge in [0.2, 0.25) is 11.8 Å². The van der Waals surface area contributed by atoms with Crippen LogP contribution in [0.2, 0.25) is 0 Å². The van der Waals surface area contributed by atoms with E-state index in [1.165, 1.54) is 24.2 Å². The molecule has 0 unspecified atom stereocenters. The van der Waals surface area contributed by atoms with Crippen LogP contribution in [0.25, 0.3) is 0 Å². The summed E-state index contributed by atoms with van der Waals surface area (Å²) >= 11 is 0. The van der Waals surface area contributed by atoms with E-state index in [-0.39, 0.29) is 31.5 Å². The van der Waals surface area contributed by atoms with E-state index in [4.69, 9.17) is 4.74 Å². The molecule has 152 valence electrons. The Morgan fingerprint density at radius 3 is 2.36 bits per heavy atom. The van der Waals surface area contributed by atoms with Crippen molar-refractivity contribution in [3.63, 3.8) is 0 Å². The van der Waals surface area contributed by atoms with Crippen LogP contribution in [-0.4, -0.2) is 37.5 Å². The predicted octanol–water partition coefficient (Wildman–Crippen LogP) is 3.52. The average Bonchev–Trinajstić information content (AvgIpc) is 2.66. The third-order valence-electron chi connectivity index (χ3n) is 5.85. The summed E-state index contributed by atoms with van der Waals surface area (Å²) in [6.45, 7) is 5.81. The van der Waals surface area contributed by atoms with E-state index >= 15 is 0 Å². The minimum atomic E-state index is -0.443. The molecule has 1 saturated carbocycles. The smallest absolute Gasteiger partial charge is 0.326 e. The second-order valence-electron chi connectivity index (χ2n) is 7.90. The van der Waals surface area contributed by atoms with Gasteiger partial charge in [0.15, 0.2) is 0 Å². The Kier molecular flexibility index (Phi) is 6.37. The molecule has 0 saturated heterocycles. The van der Waals surface area contributed by atoms with Crippen LogP contribution < -0.4 is 9.80 Å². The van der Waals surface area contributed by atoms with Crippen molar-refractivity contribution < 1.29 is 19.1 Å². The molecular formula is C22H30N2O4. The van der Waals surface area contributed by atoms with Crippen LogP contribution in [0.3, 0.4) is 0 Å². The highest BCUT2D eigenvalue weighted by molar-refractivity contribution is 6.12. The minimum absolute atomic E-state index is 0.000498. The molecule has 2 aliphatic rings. The van der Waals surface area contributed by atoms with Gasteiger partial charge >= 0.3 is 5.97 Å². The topological polar surface area (TPSA) is 66.9 Å². The first kappa shape index (κ1) is 20.4. The van der Waals surface area contributed by atoms with Crippen molar-refractivity contribution >= 4 is 29.2 Å². The quantitative estimate of drug-likeness (QED) is 0.726. The van der Waals surface area contributed by atoms with Gasteiger partial charge in [0.25, 0.3) is 0 Å². The number of anilines is 2. The van der Waals surface area contributed by atoms with E-state index in [0.717, 1.165) is 24.0 Å². The van der Waals surface area contributed by atoms with E-state index in [1.54, 1.807) is 11.8 Å². The first-order chi connectivity index (χ1) is 13.4. The second kappa shape index (κ2) is 8.76. The molecule has 0 spiro atoms. The minimum Gasteiger partial charge on any atom is -0.465 e. The van der Waals surface area contributed by atoms with Crippen LogP contribution in [0.1, 0.15) is 56.6 Å². The second-order valence-corrected chi connectivity index (χ2v) is 7.90. The lowest BCUT2D eigenvalue weighted by atomic mass is 9.86. The molecule has 2 amide bonds. The van der Waals surface area contributed by atoms with Crippen LogP contribution in [0.5, 0.6) is 0 Å². The maximum atomic E-state index is 13.1. The molecular weight excluding hydrogens is 356 g/mol. The third-order valence-corrected chi connectivity index (χ3v) is 5.85. The number of nitrogens with zero attached hydrogens (tertiary/aromatic N) is 2. The predicted molar refractivity (Wildman–Crippen MR) is 108 cm³/mol. The van der Waals surface area contributed by atoms with Crippen molar-refractivity contribution in [2.24, 2.45) is 5.92 Å². The number of esters is 1. The summed E-state index contributed by atoms with van der Waals surface area (Å²) in [6, 6.07) is 3.84. The summed E-state index contributed by atoms with van der Waals surface area (Å²) in [4.78, 5) is 41.0. The molecule has 1 aromatic carbocycles. The average molecular weight is 386 g/mol. The highest BCUT2D eigenvalue weighted by Gasteiger charge is 2.35. The van der Waals surface area contributed by atoms with Crippen molar-refractivity contribution in [3.05, 3.63) is 23.3 Å². The van der Waals surface area contributed by atoms with Crippen molar-refractivity contribution in [2.75, 3.05) is 29.5 Å². The normalized spacial score (nSPS) is 17.5. The molecule has 6 nitrogen and oxygen atoms in total. The van der Waals surface area contributed by atoms with Crippen molar-refractivity contribution in [1.29, 1.82) is 0 Å². The summed E-state index contributed by atoms with van der Waals surface area (Å²) in [5.41, 5.74) is 3.40. The van der Waals surface area contributed by atoms with Crippen molar-refractivity contribution in [2.45, 2.75) is 59.3 Å². The number of carbonyl (C=O) groups excluding carboxylic acids is 3. The lowest BCUT2D eigenvalue weighted by Crippen LogP contribution is -2.50. The number of fused-ring (bicyclic) bond motifs is 1. The molecule has 28 heavy (non-hydrogen) atoms. The number of rotatable bonds is 5. The molecule has 1 heterocycles. The van der Waals surface area contributed by atoms with E-state index in [1.807, 2.05) is 26.0 Å². The fourth-order valence-electron chi connectivity index (χ4n) is 4.14. The van der Waals surface area contributed by atoms with Crippen LogP contribution >= 0.6 is 0 Å². The summed E-state index contributed by atoms with van der Waals surface area (Å²) in [5.74, 6) is -0.285. The number of benzene rings is 1. The van der Waals surface area contributed by atoms with Crippen molar-refractivity contribution in [3.8, 4) is 0 Å². The highest BCUT2D eigenvalue weighted by Crippen LogP contribution is 2.37. The Morgan fingerprint density at radius 1 is 1.07 bits per heavy atom. The van der Waals surface area contributed by atoms with Gasteiger partial charge in [-0.2, -0.15) is 0 Å². The first-order valence-electron chi connectivity index (χ1n) is 10.3. The third kappa shape index (κ3) is 4.37. The lowest BCUT2D eigenvalue weighted by Gasteiger charge is -2.37. The monoisotopic (exact) mass is 386 g/mol. The van der Waals surface area contributed by atoms with Gasteiger partial charge in [-0.05, 0) is 62.8 Å². The van der Waals surface area contributed by atoms with Gasteiger partial charge in [0.05, 0.1) is 18.0 Å². The SMILES string of the molecule is CCOC(=O)CN1C(=O)CN(C(=O)CC2CCCCC2)c2cc(C)c(C)cc21. The Balaban J connectivity index is 1.88. The van der Waals surface area contributed by atoms with Crippen LogP contribution in [-0.2, 0) is 19.1 Å². The number of amides is 2. The largest absolute Gasteiger partial charge is 0.465 e. The molecule has 0 atom stereocenters. The zero-order valence-electron chi connectivity index (χ0n) is 17.1. The first-order valence-corrected chi connectivity index (χ1v) is 10.3. The Hall–Kier alpha value is -2.37. The molecule has 0 N–H and O–H groups in total. The Morgan fingerprint density at radius 2 is 1.71 bits per heavy atom.